The topological polar surface area (TPSA) is 52.7 Å². The van der Waals surface area contributed by atoms with Crippen molar-refractivity contribution in [3.05, 3.63) is 0 Å². The van der Waals surface area contributed by atoms with Crippen LogP contribution in [0, 0.1) is 0 Å². The largest absolute Gasteiger partial charge is 0.314 e. The highest BCUT2D eigenvalue weighted by molar-refractivity contribution is 7.89. The van der Waals surface area contributed by atoms with Crippen molar-refractivity contribution in [1.82, 2.24) is 14.5 Å². The molecule has 19 heavy (non-hydrogen) atoms. The molecular formula is C13H27N3O2S. The molecule has 1 aliphatic carbocycles. The predicted molar refractivity (Wildman–Crippen MR) is 77.7 cm³/mol. The maximum Gasteiger partial charge on any atom is 0.214 e. The van der Waals surface area contributed by atoms with Gasteiger partial charge in [-0.1, -0.05) is 0 Å². The minimum absolute atomic E-state index is 0.0916. The van der Waals surface area contributed by atoms with Crippen molar-refractivity contribution in [2.75, 3.05) is 39.0 Å². The summed E-state index contributed by atoms with van der Waals surface area (Å²) >= 11 is 0. The minimum Gasteiger partial charge on any atom is -0.314 e. The highest BCUT2D eigenvalue weighted by Crippen LogP contribution is 2.18. The molecule has 6 heteroatoms. The third-order valence-corrected chi connectivity index (χ3v) is 5.99. The Morgan fingerprint density at radius 1 is 1.26 bits per heavy atom. The molecule has 1 N–H and O–H groups in total. The molecule has 2 rings (SSSR count). The lowest BCUT2D eigenvalue weighted by molar-refractivity contribution is 0.290. The Kier molecular flexibility index (Phi) is 5.22. The van der Waals surface area contributed by atoms with Crippen LogP contribution in [0.3, 0.4) is 0 Å². The van der Waals surface area contributed by atoms with Gasteiger partial charge in [-0.25, -0.2) is 8.42 Å². The number of hydrogen-bond acceptors (Lipinski definition) is 4. The molecule has 0 bridgehead atoms. The molecule has 0 aromatic carbocycles. The lowest BCUT2D eigenvalue weighted by Crippen LogP contribution is -2.43. The van der Waals surface area contributed by atoms with E-state index < -0.39 is 10.0 Å². The van der Waals surface area contributed by atoms with Gasteiger partial charge in [-0.15, -0.1) is 0 Å². The van der Waals surface area contributed by atoms with E-state index in [1.165, 1.54) is 12.8 Å². The molecular weight excluding hydrogens is 262 g/mol. The fourth-order valence-corrected chi connectivity index (χ4v) is 4.49. The van der Waals surface area contributed by atoms with Crippen LogP contribution in [0.1, 0.15) is 32.6 Å². The van der Waals surface area contributed by atoms with Crippen LogP contribution in [0.2, 0.25) is 0 Å². The van der Waals surface area contributed by atoms with E-state index in [1.54, 1.807) is 4.31 Å². The van der Waals surface area contributed by atoms with Gasteiger partial charge in [-0.2, -0.15) is 4.31 Å². The van der Waals surface area contributed by atoms with Gasteiger partial charge in [-0.05, 0) is 52.7 Å². The molecule has 0 aromatic rings. The summed E-state index contributed by atoms with van der Waals surface area (Å²) in [5.41, 5.74) is 0. The molecule has 112 valence electrons. The summed E-state index contributed by atoms with van der Waals surface area (Å²) in [7, 11) is -1.03. The Morgan fingerprint density at radius 3 is 2.68 bits per heavy atom. The van der Waals surface area contributed by atoms with E-state index in [4.69, 9.17) is 0 Å². The summed E-state index contributed by atoms with van der Waals surface area (Å²) in [6.45, 7) is 5.33. The Balaban J connectivity index is 1.81. The van der Waals surface area contributed by atoms with E-state index >= 15 is 0 Å². The summed E-state index contributed by atoms with van der Waals surface area (Å²) in [6, 6.07) is 0.752. The van der Waals surface area contributed by atoms with E-state index in [9.17, 15) is 8.42 Å². The number of nitrogens with one attached hydrogen (secondary N) is 1. The van der Waals surface area contributed by atoms with Gasteiger partial charge in [0.25, 0.3) is 0 Å². The van der Waals surface area contributed by atoms with Crippen LogP contribution >= 0.6 is 0 Å². The highest BCUT2D eigenvalue weighted by Gasteiger charge is 2.29. The standard InChI is InChI=1S/C13H27N3O2S/c1-12-11-15(2)8-4-9-16(12)19(17,18)10-3-7-14-13-5-6-13/h12-14H,3-11H2,1-2H3. The van der Waals surface area contributed by atoms with Gasteiger partial charge in [0.05, 0.1) is 5.75 Å². The van der Waals surface area contributed by atoms with Crippen molar-refractivity contribution in [3.8, 4) is 0 Å². The van der Waals surface area contributed by atoms with Gasteiger partial charge < -0.3 is 10.2 Å². The zero-order valence-corrected chi connectivity index (χ0v) is 13.0. The van der Waals surface area contributed by atoms with Crippen LogP contribution in [0.4, 0.5) is 0 Å². The van der Waals surface area contributed by atoms with E-state index in [2.05, 4.69) is 17.3 Å². The smallest absolute Gasteiger partial charge is 0.214 e. The molecule has 1 heterocycles. The number of nitrogens with zero attached hydrogens (tertiary/aromatic N) is 2. The molecule has 1 saturated carbocycles. The van der Waals surface area contributed by atoms with Gasteiger partial charge in [-0.3, -0.25) is 0 Å². The third-order valence-electron chi connectivity index (χ3n) is 3.93. The summed E-state index contributed by atoms with van der Waals surface area (Å²) in [4.78, 5) is 2.22. The summed E-state index contributed by atoms with van der Waals surface area (Å²) in [5, 5.41) is 3.37. The fraction of sp³-hybridized carbons (Fsp3) is 1.00. The number of rotatable bonds is 6. The van der Waals surface area contributed by atoms with Crippen LogP contribution < -0.4 is 5.32 Å². The van der Waals surface area contributed by atoms with Crippen LogP contribution in [0.25, 0.3) is 0 Å². The van der Waals surface area contributed by atoms with Gasteiger partial charge >= 0.3 is 0 Å². The molecule has 1 saturated heterocycles. The van der Waals surface area contributed by atoms with E-state index in [0.29, 0.717) is 12.6 Å². The molecule has 1 aliphatic heterocycles. The summed E-state index contributed by atoms with van der Waals surface area (Å²) in [5.74, 6) is 0.279. The van der Waals surface area contributed by atoms with Crippen molar-refractivity contribution in [1.29, 1.82) is 0 Å². The zero-order chi connectivity index (χ0) is 13.9. The van der Waals surface area contributed by atoms with E-state index in [1.807, 2.05) is 6.92 Å². The average Bonchev–Trinajstić information content (AvgIpc) is 3.13. The quantitative estimate of drug-likeness (QED) is 0.723. The fourth-order valence-electron chi connectivity index (χ4n) is 2.73. The monoisotopic (exact) mass is 289 g/mol. The van der Waals surface area contributed by atoms with Crippen molar-refractivity contribution in [2.45, 2.75) is 44.7 Å². The number of sulfonamides is 1. The first-order valence-corrected chi connectivity index (χ1v) is 9.01. The Morgan fingerprint density at radius 2 is 2.00 bits per heavy atom. The van der Waals surface area contributed by atoms with Gasteiger partial charge in [0.2, 0.25) is 10.0 Å². The molecule has 1 unspecified atom stereocenters. The lowest BCUT2D eigenvalue weighted by atomic mass is 10.3. The second kappa shape index (κ2) is 6.52. The van der Waals surface area contributed by atoms with E-state index in [0.717, 1.165) is 32.5 Å². The van der Waals surface area contributed by atoms with Crippen molar-refractivity contribution >= 4 is 10.0 Å². The Hall–Kier alpha value is -0.170. The zero-order valence-electron chi connectivity index (χ0n) is 12.1. The molecule has 0 radical (unpaired) electrons. The van der Waals surface area contributed by atoms with Crippen molar-refractivity contribution < 1.29 is 8.42 Å². The Labute approximate surface area is 117 Å². The predicted octanol–water partition coefficient (Wildman–Crippen LogP) is 0.484. The maximum atomic E-state index is 12.4. The molecule has 0 aromatic heterocycles. The normalized spacial score (nSPS) is 27.4. The molecule has 2 fully saturated rings. The molecule has 2 aliphatic rings. The SMILES string of the molecule is CC1CN(C)CCCN1S(=O)(=O)CCCNC1CC1. The second-order valence-corrected chi connectivity index (χ2v) is 8.01. The van der Waals surface area contributed by atoms with Crippen molar-refractivity contribution in [3.63, 3.8) is 0 Å². The van der Waals surface area contributed by atoms with Gasteiger partial charge in [0.1, 0.15) is 0 Å². The maximum absolute atomic E-state index is 12.4. The first-order chi connectivity index (χ1) is 8.99. The third kappa shape index (κ3) is 4.70. The average molecular weight is 289 g/mol. The van der Waals surface area contributed by atoms with Gasteiger partial charge in [0.15, 0.2) is 0 Å². The van der Waals surface area contributed by atoms with Crippen LogP contribution in [-0.2, 0) is 10.0 Å². The first-order valence-electron chi connectivity index (χ1n) is 7.40. The van der Waals surface area contributed by atoms with Crippen LogP contribution in [-0.4, -0.2) is 68.7 Å². The van der Waals surface area contributed by atoms with E-state index in [-0.39, 0.29) is 11.8 Å². The van der Waals surface area contributed by atoms with Crippen LogP contribution in [0.15, 0.2) is 0 Å². The number of likely N-dealkylation sites (N-methyl/N-ethyl adjacent to an activating group) is 1. The summed E-state index contributed by atoms with van der Waals surface area (Å²) < 4.78 is 26.5. The minimum atomic E-state index is -3.09. The Bertz CT molecular complexity index is 381. The van der Waals surface area contributed by atoms with Gasteiger partial charge in [0, 0.05) is 25.2 Å². The first kappa shape index (κ1) is 15.2. The molecule has 0 amide bonds. The molecule has 0 spiro atoms. The van der Waals surface area contributed by atoms with Crippen LogP contribution in [0.5, 0.6) is 0 Å². The lowest BCUT2D eigenvalue weighted by Gasteiger charge is -2.27. The second-order valence-electron chi connectivity index (χ2n) is 5.97. The molecule has 1 atom stereocenters. The summed E-state index contributed by atoms with van der Waals surface area (Å²) in [6.07, 6.45) is 4.16. The number of hydrogen-bond donors (Lipinski definition) is 1. The highest BCUT2D eigenvalue weighted by atomic mass is 32.2. The molecule has 5 nitrogen and oxygen atoms in total. The van der Waals surface area contributed by atoms with Crippen molar-refractivity contribution in [2.24, 2.45) is 0 Å².